The molecule has 0 atom stereocenters. The van der Waals surface area contributed by atoms with Gasteiger partial charge >= 0.3 is 6.09 Å². The summed E-state index contributed by atoms with van der Waals surface area (Å²) in [5.41, 5.74) is 3.55. The molecule has 1 saturated heterocycles. The summed E-state index contributed by atoms with van der Waals surface area (Å²) in [4.78, 5) is 26.2. The molecule has 8 nitrogen and oxygen atoms in total. The van der Waals surface area contributed by atoms with Gasteiger partial charge in [-0.2, -0.15) is 5.10 Å². The van der Waals surface area contributed by atoms with Gasteiger partial charge in [-0.3, -0.25) is 9.69 Å². The van der Waals surface area contributed by atoms with Crippen LogP contribution in [0.5, 0.6) is 0 Å². The largest absolute Gasteiger partial charge is 0.447 e. The minimum absolute atomic E-state index is 0.163. The monoisotopic (exact) mass is 463 g/mol. The molecule has 0 aliphatic carbocycles. The lowest BCUT2D eigenvalue weighted by atomic mass is 10.1. The Morgan fingerprint density at radius 2 is 2.03 bits per heavy atom. The van der Waals surface area contributed by atoms with E-state index < -0.39 is 0 Å². The molecule has 9 heteroatoms. The minimum atomic E-state index is -0.366. The van der Waals surface area contributed by atoms with Gasteiger partial charge in [0.1, 0.15) is 6.61 Å². The maximum atomic E-state index is 12.7. The van der Waals surface area contributed by atoms with Crippen LogP contribution in [0.1, 0.15) is 18.2 Å². The number of carbonyl (C=O) groups excluding carboxylic acids is 1. The number of anilines is 2. The Hall–Kier alpha value is -3.91. The predicted molar refractivity (Wildman–Crippen MR) is 130 cm³/mol. The van der Waals surface area contributed by atoms with Crippen LogP contribution in [0.4, 0.5) is 16.2 Å². The molecule has 0 radical (unpaired) electrons. The fourth-order valence-corrected chi connectivity index (χ4v) is 3.71. The lowest BCUT2D eigenvalue weighted by Crippen LogP contribution is -2.23. The number of hydrogen-bond donors (Lipinski definition) is 2. The predicted octanol–water partition coefficient (Wildman–Crippen LogP) is 4.64. The summed E-state index contributed by atoms with van der Waals surface area (Å²) in [5, 5.41) is 16.2. The van der Waals surface area contributed by atoms with E-state index in [1.165, 1.54) is 6.07 Å². The Morgan fingerprint density at radius 3 is 2.70 bits per heavy atom. The standard InChI is InChI=1S/C24H22ClN5O3/c1-15-12-19(29-10-11-33-24(29)32)6-7-21(15)30-9-8-22(31)23(28-30)20(13-16(2)26)27-18-5-3-4-17(25)14-18/h3-9,12-14,26-27H,10-11H2,1-2H3/b20-13-,26-16?. The van der Waals surface area contributed by atoms with Crippen LogP contribution in [0.15, 0.2) is 65.6 Å². The number of hydrogen-bond acceptors (Lipinski definition) is 6. The van der Waals surface area contributed by atoms with Crippen LogP contribution >= 0.6 is 11.6 Å². The quantitative estimate of drug-likeness (QED) is 0.518. The first-order valence-corrected chi connectivity index (χ1v) is 10.6. The Bertz CT molecular complexity index is 1330. The molecule has 0 bridgehead atoms. The Labute approximate surface area is 195 Å². The number of rotatable bonds is 6. The van der Waals surface area contributed by atoms with Crippen LogP contribution in [0, 0.1) is 12.3 Å². The van der Waals surface area contributed by atoms with Gasteiger partial charge in [0, 0.05) is 34.4 Å². The van der Waals surface area contributed by atoms with E-state index in [0.29, 0.717) is 29.6 Å². The van der Waals surface area contributed by atoms with E-state index in [1.54, 1.807) is 47.0 Å². The van der Waals surface area contributed by atoms with Crippen molar-refractivity contribution in [2.24, 2.45) is 0 Å². The molecule has 1 fully saturated rings. The maximum Gasteiger partial charge on any atom is 0.414 e. The number of allylic oxidation sites excluding steroid dienone is 1. The Kier molecular flexibility index (Phi) is 6.28. The molecule has 0 saturated carbocycles. The fraction of sp³-hybridized carbons (Fsp3) is 0.167. The number of carbonyl (C=O) groups is 1. The summed E-state index contributed by atoms with van der Waals surface area (Å²) in [6.07, 6.45) is 2.77. The van der Waals surface area contributed by atoms with E-state index in [4.69, 9.17) is 21.7 Å². The summed E-state index contributed by atoms with van der Waals surface area (Å²) in [6, 6.07) is 14.0. The van der Waals surface area contributed by atoms with Gasteiger partial charge in [0.05, 0.1) is 17.9 Å². The second kappa shape index (κ2) is 9.30. The first kappa shape index (κ1) is 22.3. The van der Waals surface area contributed by atoms with Crippen LogP contribution in [-0.2, 0) is 4.74 Å². The molecule has 1 aliphatic rings. The van der Waals surface area contributed by atoms with E-state index in [2.05, 4.69) is 10.4 Å². The molecular weight excluding hydrogens is 442 g/mol. The normalized spacial score (nSPS) is 13.7. The van der Waals surface area contributed by atoms with Gasteiger partial charge < -0.3 is 15.5 Å². The van der Waals surface area contributed by atoms with Crippen molar-refractivity contribution in [2.75, 3.05) is 23.4 Å². The third-order valence-corrected chi connectivity index (χ3v) is 5.26. The first-order chi connectivity index (χ1) is 15.8. The van der Waals surface area contributed by atoms with Crippen molar-refractivity contribution in [3.05, 3.63) is 87.3 Å². The highest BCUT2D eigenvalue weighted by Gasteiger charge is 2.24. The van der Waals surface area contributed by atoms with E-state index >= 15 is 0 Å². The summed E-state index contributed by atoms with van der Waals surface area (Å²) in [5.74, 6) is 0. The van der Waals surface area contributed by atoms with Crippen LogP contribution in [0.2, 0.25) is 5.02 Å². The second-order valence-electron chi connectivity index (χ2n) is 7.59. The van der Waals surface area contributed by atoms with Crippen molar-refractivity contribution in [3.63, 3.8) is 0 Å². The van der Waals surface area contributed by atoms with Gasteiger partial charge in [-0.1, -0.05) is 17.7 Å². The molecule has 1 aliphatic heterocycles. The average Bonchev–Trinajstić information content (AvgIpc) is 3.19. The lowest BCUT2D eigenvalue weighted by molar-refractivity contribution is 0.181. The average molecular weight is 464 g/mol. The molecule has 2 N–H and O–H groups in total. The number of amides is 1. The zero-order valence-electron chi connectivity index (χ0n) is 18.1. The zero-order chi connectivity index (χ0) is 23.5. The molecule has 1 amide bonds. The van der Waals surface area contributed by atoms with Crippen molar-refractivity contribution in [2.45, 2.75) is 13.8 Å². The number of benzene rings is 2. The van der Waals surface area contributed by atoms with Gasteiger partial charge in [0.15, 0.2) is 5.69 Å². The third kappa shape index (κ3) is 4.96. The number of cyclic esters (lactones) is 1. The molecule has 2 heterocycles. The molecule has 2 aromatic carbocycles. The smallest absolute Gasteiger partial charge is 0.414 e. The van der Waals surface area contributed by atoms with Gasteiger partial charge in [-0.15, -0.1) is 0 Å². The molecule has 4 rings (SSSR count). The van der Waals surface area contributed by atoms with Gasteiger partial charge in [0.2, 0.25) is 5.43 Å². The second-order valence-corrected chi connectivity index (χ2v) is 8.02. The van der Waals surface area contributed by atoms with E-state index in [1.807, 2.05) is 31.2 Å². The Morgan fingerprint density at radius 1 is 1.21 bits per heavy atom. The number of halogens is 1. The lowest BCUT2D eigenvalue weighted by Gasteiger charge is -2.17. The highest BCUT2D eigenvalue weighted by molar-refractivity contribution is 6.30. The summed E-state index contributed by atoms with van der Waals surface area (Å²) in [7, 11) is 0. The molecule has 1 aromatic heterocycles. The zero-order valence-corrected chi connectivity index (χ0v) is 18.9. The van der Waals surface area contributed by atoms with Crippen LogP contribution in [-0.4, -0.2) is 34.7 Å². The van der Waals surface area contributed by atoms with Crippen molar-refractivity contribution < 1.29 is 9.53 Å². The SMILES string of the molecule is CC(=N)/C=C(\Nc1cccc(Cl)c1)c1nn(-c2ccc(N3CCOC3=O)cc2C)ccc1=O. The molecule has 3 aromatic rings. The minimum Gasteiger partial charge on any atom is -0.447 e. The van der Waals surface area contributed by atoms with Crippen LogP contribution in [0.3, 0.4) is 0 Å². The molecule has 0 spiro atoms. The fourth-order valence-electron chi connectivity index (χ4n) is 3.52. The van der Waals surface area contributed by atoms with Crippen molar-refractivity contribution in [1.29, 1.82) is 5.41 Å². The third-order valence-electron chi connectivity index (χ3n) is 5.03. The molecule has 168 valence electrons. The first-order valence-electron chi connectivity index (χ1n) is 10.3. The van der Waals surface area contributed by atoms with E-state index in [0.717, 1.165) is 16.9 Å². The Balaban J connectivity index is 1.72. The number of aryl methyl sites for hydroxylation is 1. The highest BCUT2D eigenvalue weighted by Crippen LogP contribution is 2.24. The molecular formula is C24H22ClN5O3. The van der Waals surface area contributed by atoms with Crippen molar-refractivity contribution >= 4 is 40.5 Å². The molecule has 0 unspecified atom stereocenters. The van der Waals surface area contributed by atoms with E-state index in [9.17, 15) is 9.59 Å². The van der Waals surface area contributed by atoms with Crippen molar-refractivity contribution in [3.8, 4) is 5.69 Å². The highest BCUT2D eigenvalue weighted by atomic mass is 35.5. The van der Waals surface area contributed by atoms with Crippen LogP contribution in [0.25, 0.3) is 11.4 Å². The van der Waals surface area contributed by atoms with Crippen LogP contribution < -0.4 is 15.6 Å². The number of aromatic nitrogens is 2. The number of nitrogens with one attached hydrogen (secondary N) is 2. The summed E-state index contributed by atoms with van der Waals surface area (Å²) < 4.78 is 6.62. The number of nitrogens with zero attached hydrogens (tertiary/aromatic N) is 3. The van der Waals surface area contributed by atoms with Crippen molar-refractivity contribution in [1.82, 2.24) is 9.78 Å². The van der Waals surface area contributed by atoms with Gasteiger partial charge in [-0.05, 0) is 61.9 Å². The topological polar surface area (TPSA) is 100 Å². The summed E-state index contributed by atoms with van der Waals surface area (Å²) >= 11 is 6.09. The maximum absolute atomic E-state index is 12.7. The molecule has 33 heavy (non-hydrogen) atoms. The number of ether oxygens (including phenoxy) is 1. The van der Waals surface area contributed by atoms with E-state index in [-0.39, 0.29) is 22.9 Å². The van der Waals surface area contributed by atoms with Gasteiger partial charge in [-0.25, -0.2) is 9.48 Å². The summed E-state index contributed by atoms with van der Waals surface area (Å²) in [6.45, 7) is 4.39. The van der Waals surface area contributed by atoms with Gasteiger partial charge in [0.25, 0.3) is 0 Å².